The van der Waals surface area contributed by atoms with Crippen LogP contribution in [0, 0.1) is 11.5 Å². The van der Waals surface area contributed by atoms with Gasteiger partial charge in [-0.2, -0.15) is 0 Å². The number of hydrogen-bond donors (Lipinski definition) is 2. The number of nitrogens with zero attached hydrogens (tertiary/aromatic N) is 1. The number of hydrogen-bond acceptors (Lipinski definition) is 5. The molecule has 6 nitrogen and oxygen atoms in total. The van der Waals surface area contributed by atoms with Crippen molar-refractivity contribution in [3.63, 3.8) is 0 Å². The van der Waals surface area contributed by atoms with Gasteiger partial charge in [-0.25, -0.2) is 10.1 Å². The van der Waals surface area contributed by atoms with Crippen LogP contribution >= 0.6 is 0 Å². The van der Waals surface area contributed by atoms with E-state index in [1.807, 2.05) is 0 Å². The summed E-state index contributed by atoms with van der Waals surface area (Å²) in [7, 11) is -1.96. The van der Waals surface area contributed by atoms with Crippen LogP contribution in [0.4, 0.5) is 4.79 Å². The number of aliphatic hydroxyl groups is 1. The van der Waals surface area contributed by atoms with Gasteiger partial charge in [-0.05, 0) is 12.1 Å². The molecule has 0 saturated heterocycles. The first-order valence-electron chi connectivity index (χ1n) is 6.44. The number of primary amides is 1. The number of carbonyl (C=O) groups is 1. The van der Waals surface area contributed by atoms with Gasteiger partial charge >= 0.3 is 35.7 Å². The van der Waals surface area contributed by atoms with E-state index in [1.165, 1.54) is 0 Å². The number of aliphatic hydroxyl groups excluding tert-OH is 1. The SMILES string of the molecule is C.C[Si](C)(C)CCO.C[Si](C)(C)CCOC(N)=O.N#C[O-].[Na+]. The third-order valence-electron chi connectivity index (χ3n) is 1.96. The molecule has 0 aliphatic rings. The van der Waals surface area contributed by atoms with Crippen molar-refractivity contribution in [3.8, 4) is 6.26 Å². The van der Waals surface area contributed by atoms with Gasteiger partial charge in [0.25, 0.3) is 0 Å². The Morgan fingerprint density at radius 1 is 1.18 bits per heavy atom. The van der Waals surface area contributed by atoms with E-state index in [1.54, 1.807) is 0 Å². The molecular formula is C13H33N2NaO4Si2. The van der Waals surface area contributed by atoms with Crippen molar-refractivity contribution >= 4 is 22.2 Å². The molecule has 3 N–H and O–H groups in total. The Balaban J connectivity index is -0.0000000711. The summed E-state index contributed by atoms with van der Waals surface area (Å²) in [5.74, 6) is 0. The van der Waals surface area contributed by atoms with E-state index in [-0.39, 0.29) is 37.0 Å². The standard InChI is InChI=1S/C6H15NO2Si.C5H14OSi.CHNO.CH4.Na/c1-10(2,3)5-4-9-6(7)8;1-7(2,3)5-4-6;2-1-3;;/h4-5H2,1-3H3,(H2,7,8);6H,4-5H2,1-3H3;3H;1H4;/q;;;;+1/p-1. The Morgan fingerprint density at radius 3 is 1.64 bits per heavy atom. The molecule has 9 heteroatoms. The molecule has 0 rings (SSSR count). The molecule has 0 bridgehead atoms. The van der Waals surface area contributed by atoms with E-state index in [0.29, 0.717) is 19.5 Å². The van der Waals surface area contributed by atoms with Crippen LogP contribution in [0.15, 0.2) is 0 Å². The second-order valence-corrected chi connectivity index (χ2v) is 17.8. The fraction of sp³-hybridized carbons (Fsp3) is 0.846. The largest absolute Gasteiger partial charge is 1.00 e. The normalized spacial score (nSPS) is 9.18. The van der Waals surface area contributed by atoms with Crippen molar-refractivity contribution in [2.75, 3.05) is 13.2 Å². The van der Waals surface area contributed by atoms with Gasteiger partial charge in [0.2, 0.25) is 0 Å². The van der Waals surface area contributed by atoms with E-state index in [0.717, 1.165) is 12.1 Å². The Labute approximate surface area is 160 Å². The van der Waals surface area contributed by atoms with Crippen molar-refractivity contribution in [1.82, 2.24) is 0 Å². The Morgan fingerprint density at radius 2 is 1.50 bits per heavy atom. The zero-order valence-electron chi connectivity index (χ0n) is 14.5. The van der Waals surface area contributed by atoms with Crippen molar-refractivity contribution < 1.29 is 49.3 Å². The summed E-state index contributed by atoms with van der Waals surface area (Å²) in [6, 6.07) is 2.02. The molecule has 0 aliphatic carbocycles. The smallest absolute Gasteiger partial charge is 0.812 e. The van der Waals surface area contributed by atoms with Crippen LogP contribution in [0.3, 0.4) is 0 Å². The molecule has 0 radical (unpaired) electrons. The maximum atomic E-state index is 10.1. The van der Waals surface area contributed by atoms with E-state index >= 15 is 0 Å². The number of rotatable bonds is 5. The summed E-state index contributed by atoms with van der Waals surface area (Å²) in [6.45, 7) is 14.3. The average Bonchev–Trinajstić information content (AvgIpc) is 2.14. The molecule has 0 heterocycles. The summed E-state index contributed by atoms with van der Waals surface area (Å²) in [6.07, 6.45) is -0.168. The Hall–Kier alpha value is -0.0462. The van der Waals surface area contributed by atoms with Crippen LogP contribution in [0.25, 0.3) is 0 Å². The number of ether oxygens (including phenoxy) is 1. The molecule has 0 fully saturated rings. The predicted octanol–water partition coefficient (Wildman–Crippen LogP) is -0.795. The minimum absolute atomic E-state index is 0. The Kier molecular flexibility index (Phi) is 29.0. The maximum absolute atomic E-state index is 10.1. The second kappa shape index (κ2) is 19.0. The number of carbonyl (C=O) groups excluding carboxylic acids is 1. The van der Waals surface area contributed by atoms with Gasteiger partial charge in [0.1, 0.15) is 0 Å². The van der Waals surface area contributed by atoms with Gasteiger partial charge in [-0.3, -0.25) is 0 Å². The molecule has 0 aliphatic heterocycles. The summed E-state index contributed by atoms with van der Waals surface area (Å²) < 4.78 is 4.59. The monoisotopic (exact) mass is 360 g/mol. The van der Waals surface area contributed by atoms with Crippen LogP contribution in [-0.4, -0.2) is 40.6 Å². The van der Waals surface area contributed by atoms with Crippen LogP contribution in [0.5, 0.6) is 0 Å². The molecule has 0 unspecified atom stereocenters. The van der Waals surface area contributed by atoms with E-state index in [2.05, 4.69) is 44.0 Å². The van der Waals surface area contributed by atoms with Gasteiger partial charge < -0.3 is 20.7 Å². The van der Waals surface area contributed by atoms with Crippen molar-refractivity contribution in [3.05, 3.63) is 0 Å². The summed E-state index contributed by atoms with van der Waals surface area (Å²) >= 11 is 0. The first-order valence-corrected chi connectivity index (χ1v) is 13.9. The van der Waals surface area contributed by atoms with Crippen LogP contribution in [0.1, 0.15) is 7.43 Å². The third kappa shape index (κ3) is 59.7. The van der Waals surface area contributed by atoms with E-state index in [9.17, 15) is 4.79 Å². The zero-order valence-corrected chi connectivity index (χ0v) is 18.5. The molecule has 0 aromatic rings. The number of nitriles is 1. The van der Waals surface area contributed by atoms with E-state index in [4.69, 9.17) is 21.2 Å². The van der Waals surface area contributed by atoms with Crippen LogP contribution in [-0.2, 0) is 4.74 Å². The van der Waals surface area contributed by atoms with Gasteiger partial charge in [0.05, 0.1) is 6.61 Å². The van der Waals surface area contributed by atoms with Crippen molar-refractivity contribution in [2.24, 2.45) is 5.73 Å². The predicted molar refractivity (Wildman–Crippen MR) is 91.3 cm³/mol. The minimum atomic E-state index is -1.06. The van der Waals surface area contributed by atoms with Gasteiger partial charge in [-0.15, -0.1) is 0 Å². The first-order chi connectivity index (χ1) is 8.89. The second-order valence-electron chi connectivity index (χ2n) is 6.60. The molecule has 0 saturated carbocycles. The van der Waals surface area contributed by atoms with Crippen LogP contribution < -0.4 is 40.4 Å². The zero-order chi connectivity index (χ0) is 16.8. The molecule has 0 aromatic heterocycles. The summed E-state index contributed by atoms with van der Waals surface area (Å²) in [5.41, 5.74) is 4.78. The fourth-order valence-corrected chi connectivity index (χ4v) is 2.18. The van der Waals surface area contributed by atoms with Crippen LogP contribution in [0.2, 0.25) is 51.4 Å². The molecule has 0 spiro atoms. The third-order valence-corrected chi connectivity index (χ3v) is 5.39. The molecule has 0 atom stereocenters. The summed E-state index contributed by atoms with van der Waals surface area (Å²) in [4.78, 5) is 10.1. The van der Waals surface area contributed by atoms with Crippen molar-refractivity contribution in [2.45, 2.75) is 58.8 Å². The number of amides is 1. The fourth-order valence-electron chi connectivity index (χ4n) is 0.793. The van der Waals surface area contributed by atoms with Crippen molar-refractivity contribution in [1.29, 1.82) is 5.26 Å². The maximum Gasteiger partial charge on any atom is 1.00 e. The molecule has 1 amide bonds. The van der Waals surface area contributed by atoms with Gasteiger partial charge in [0, 0.05) is 29.0 Å². The van der Waals surface area contributed by atoms with Gasteiger partial charge in [0.15, 0.2) is 0 Å². The topological polar surface area (TPSA) is 119 Å². The average molecular weight is 361 g/mol. The molecule has 0 aromatic carbocycles. The minimum Gasteiger partial charge on any atom is -0.812 e. The number of nitrogens with two attached hydrogens (primary N) is 1. The Bertz CT molecular complexity index is 287. The summed E-state index contributed by atoms with van der Waals surface area (Å²) in [5, 5.41) is 23.4. The quantitative estimate of drug-likeness (QED) is 0.491. The molecule has 22 heavy (non-hydrogen) atoms. The molecular weight excluding hydrogens is 327 g/mol. The molecule has 128 valence electrons. The van der Waals surface area contributed by atoms with Gasteiger partial charge in [-0.1, -0.05) is 46.7 Å². The first kappa shape index (κ1) is 33.5. The van der Waals surface area contributed by atoms with E-state index < -0.39 is 22.2 Å².